The molecule has 2 saturated carbocycles. The Kier molecular flexibility index (Phi) is 4.86. The fourth-order valence-corrected chi connectivity index (χ4v) is 3.59. The predicted octanol–water partition coefficient (Wildman–Crippen LogP) is 4.85. The van der Waals surface area contributed by atoms with Crippen molar-refractivity contribution >= 4 is 12.4 Å². The minimum atomic E-state index is -4.04. The monoisotopic (exact) mass is 288 g/mol. The van der Waals surface area contributed by atoms with E-state index < -0.39 is 12.6 Å². The Morgan fingerprint density at radius 3 is 2.30 bits per heavy atom. The van der Waals surface area contributed by atoms with Crippen molar-refractivity contribution in [3.05, 3.63) is 0 Å². The molecule has 0 N–H and O–H groups in total. The van der Waals surface area contributed by atoms with Crippen LogP contribution in [0.5, 0.6) is 0 Å². The van der Waals surface area contributed by atoms with E-state index in [9.17, 15) is 13.2 Å². The summed E-state index contributed by atoms with van der Waals surface area (Å²) in [5, 5.41) is 7.67. The van der Waals surface area contributed by atoms with E-state index in [-0.39, 0.29) is 11.8 Å². The fourth-order valence-electron chi connectivity index (χ4n) is 3.59. The number of halogens is 3. The van der Waals surface area contributed by atoms with E-state index in [4.69, 9.17) is 0 Å². The molecule has 0 saturated heterocycles. The van der Waals surface area contributed by atoms with Crippen molar-refractivity contribution in [2.45, 2.75) is 58.0 Å². The Hall–Kier alpha value is -0.870. The molecule has 0 amide bonds. The lowest BCUT2D eigenvalue weighted by Crippen LogP contribution is -2.34. The third-order valence-corrected chi connectivity index (χ3v) is 4.71. The van der Waals surface area contributed by atoms with Gasteiger partial charge in [-0.3, -0.25) is 0 Å². The van der Waals surface area contributed by atoms with Crippen LogP contribution >= 0.6 is 0 Å². The van der Waals surface area contributed by atoms with E-state index in [1.54, 1.807) is 0 Å². The lowest BCUT2D eigenvalue weighted by atomic mass is 9.68. The van der Waals surface area contributed by atoms with Gasteiger partial charge in [-0.05, 0) is 62.2 Å². The van der Waals surface area contributed by atoms with Crippen LogP contribution in [0.3, 0.4) is 0 Å². The van der Waals surface area contributed by atoms with Crippen molar-refractivity contribution in [1.82, 2.24) is 0 Å². The normalized spacial score (nSPS) is 34.3. The zero-order valence-corrected chi connectivity index (χ0v) is 12.0. The maximum absolute atomic E-state index is 12.3. The highest BCUT2D eigenvalue weighted by Gasteiger charge is 2.40. The SMILES string of the molecule is C=N/N=C(\CCC1CC(C)C1)C1CC(CC(F)(F)F)C1. The summed E-state index contributed by atoms with van der Waals surface area (Å²) < 4.78 is 36.9. The molecule has 2 aliphatic rings. The van der Waals surface area contributed by atoms with Gasteiger partial charge >= 0.3 is 6.18 Å². The summed E-state index contributed by atoms with van der Waals surface area (Å²) in [6.45, 7) is 5.63. The van der Waals surface area contributed by atoms with Gasteiger partial charge in [0.05, 0.1) is 0 Å². The molecule has 0 spiro atoms. The highest BCUT2D eigenvalue weighted by atomic mass is 19.4. The quantitative estimate of drug-likeness (QED) is 0.493. The number of hydrogen-bond donors (Lipinski definition) is 0. The van der Waals surface area contributed by atoms with Crippen molar-refractivity contribution in [3.63, 3.8) is 0 Å². The molecule has 0 aromatic rings. The lowest BCUT2D eigenvalue weighted by molar-refractivity contribution is -0.151. The Bertz CT molecular complexity index is 364. The van der Waals surface area contributed by atoms with Gasteiger partial charge in [0.15, 0.2) is 0 Å². The van der Waals surface area contributed by atoms with Gasteiger partial charge in [0.1, 0.15) is 0 Å². The van der Waals surface area contributed by atoms with Crippen LogP contribution in [0, 0.1) is 23.7 Å². The third-order valence-electron chi connectivity index (χ3n) is 4.71. The summed E-state index contributed by atoms with van der Waals surface area (Å²) >= 11 is 0. The largest absolute Gasteiger partial charge is 0.389 e. The molecule has 20 heavy (non-hydrogen) atoms. The summed E-state index contributed by atoms with van der Waals surface area (Å²) in [6, 6.07) is 0. The molecule has 0 aromatic carbocycles. The number of nitrogens with zero attached hydrogens (tertiary/aromatic N) is 2. The summed E-state index contributed by atoms with van der Waals surface area (Å²) in [7, 11) is 0. The molecule has 0 radical (unpaired) electrons. The van der Waals surface area contributed by atoms with Gasteiger partial charge in [0.2, 0.25) is 0 Å². The lowest BCUT2D eigenvalue weighted by Gasteiger charge is -2.38. The van der Waals surface area contributed by atoms with E-state index in [1.165, 1.54) is 12.8 Å². The van der Waals surface area contributed by atoms with Crippen LogP contribution in [0.1, 0.15) is 51.9 Å². The van der Waals surface area contributed by atoms with Gasteiger partial charge in [0, 0.05) is 18.9 Å². The van der Waals surface area contributed by atoms with E-state index in [0.717, 1.165) is 30.4 Å². The van der Waals surface area contributed by atoms with Gasteiger partial charge in [0.25, 0.3) is 0 Å². The van der Waals surface area contributed by atoms with E-state index in [0.29, 0.717) is 12.8 Å². The molecular formula is C15H23F3N2. The van der Waals surface area contributed by atoms with Gasteiger partial charge < -0.3 is 0 Å². The van der Waals surface area contributed by atoms with Crippen LogP contribution in [0.2, 0.25) is 0 Å². The molecule has 0 bridgehead atoms. The Morgan fingerprint density at radius 2 is 1.80 bits per heavy atom. The summed E-state index contributed by atoms with van der Waals surface area (Å²) in [5.74, 6) is 1.58. The van der Waals surface area contributed by atoms with Crippen LogP contribution in [-0.2, 0) is 0 Å². The van der Waals surface area contributed by atoms with Crippen LogP contribution in [0.15, 0.2) is 10.2 Å². The van der Waals surface area contributed by atoms with Crippen LogP contribution in [0.4, 0.5) is 13.2 Å². The molecule has 114 valence electrons. The minimum Gasteiger partial charge on any atom is -0.171 e. The van der Waals surface area contributed by atoms with E-state index in [2.05, 4.69) is 23.8 Å². The van der Waals surface area contributed by atoms with E-state index >= 15 is 0 Å². The molecule has 0 aliphatic heterocycles. The fraction of sp³-hybridized carbons (Fsp3) is 0.867. The maximum Gasteiger partial charge on any atom is 0.389 e. The van der Waals surface area contributed by atoms with Gasteiger partial charge in [-0.15, -0.1) is 0 Å². The molecule has 0 unspecified atom stereocenters. The second kappa shape index (κ2) is 6.27. The first-order valence-electron chi connectivity index (χ1n) is 7.46. The van der Waals surface area contributed by atoms with Crippen molar-refractivity contribution in [1.29, 1.82) is 0 Å². The first kappa shape index (κ1) is 15.5. The predicted molar refractivity (Wildman–Crippen MR) is 75.0 cm³/mol. The molecule has 0 heterocycles. The molecule has 5 heteroatoms. The van der Waals surface area contributed by atoms with Gasteiger partial charge in [-0.25, -0.2) is 0 Å². The van der Waals surface area contributed by atoms with Crippen molar-refractivity contribution in [3.8, 4) is 0 Å². The Labute approximate surface area is 118 Å². The summed E-state index contributed by atoms with van der Waals surface area (Å²) in [5.41, 5.74) is 0.970. The average molecular weight is 288 g/mol. The van der Waals surface area contributed by atoms with Crippen LogP contribution in [0.25, 0.3) is 0 Å². The van der Waals surface area contributed by atoms with Crippen LogP contribution < -0.4 is 0 Å². The molecular weight excluding hydrogens is 265 g/mol. The van der Waals surface area contributed by atoms with Gasteiger partial charge in [-0.1, -0.05) is 6.92 Å². The van der Waals surface area contributed by atoms with Crippen molar-refractivity contribution in [2.24, 2.45) is 33.9 Å². The standard InChI is InChI=1S/C15H23F3N2/c1-10-5-11(6-10)3-4-14(20-19-2)13-7-12(8-13)9-15(16,17)18/h10-13H,2-9H2,1H3/b20-14+. The molecule has 2 rings (SSSR count). The molecule has 0 atom stereocenters. The first-order chi connectivity index (χ1) is 9.37. The summed E-state index contributed by atoms with van der Waals surface area (Å²) in [4.78, 5) is 0. The molecule has 2 fully saturated rings. The zero-order valence-electron chi connectivity index (χ0n) is 12.0. The van der Waals surface area contributed by atoms with Crippen LogP contribution in [-0.4, -0.2) is 18.6 Å². The first-order valence-corrected chi connectivity index (χ1v) is 7.46. The minimum absolute atomic E-state index is 0.199. The number of rotatable bonds is 6. The molecule has 0 aromatic heterocycles. The topological polar surface area (TPSA) is 24.7 Å². The smallest absolute Gasteiger partial charge is 0.171 e. The third kappa shape index (κ3) is 4.32. The second-order valence-electron chi connectivity index (χ2n) is 6.57. The molecule has 2 nitrogen and oxygen atoms in total. The number of hydrogen-bond acceptors (Lipinski definition) is 2. The second-order valence-corrected chi connectivity index (χ2v) is 6.57. The molecule has 2 aliphatic carbocycles. The maximum atomic E-state index is 12.3. The van der Waals surface area contributed by atoms with Gasteiger partial charge in [-0.2, -0.15) is 23.4 Å². The zero-order chi connectivity index (χ0) is 14.8. The average Bonchev–Trinajstić information content (AvgIpc) is 2.24. The van der Waals surface area contributed by atoms with Crippen molar-refractivity contribution < 1.29 is 13.2 Å². The summed E-state index contributed by atoms with van der Waals surface area (Å²) in [6.07, 6.45) is 1.04. The van der Waals surface area contributed by atoms with Crippen molar-refractivity contribution in [2.75, 3.05) is 0 Å². The Balaban J connectivity index is 1.74. The number of alkyl halides is 3. The van der Waals surface area contributed by atoms with E-state index in [1.807, 2.05) is 0 Å². The highest BCUT2D eigenvalue weighted by molar-refractivity contribution is 5.87. The Morgan fingerprint density at radius 1 is 1.15 bits per heavy atom. The highest BCUT2D eigenvalue weighted by Crippen LogP contribution is 2.43.